The minimum Gasteiger partial charge on any atom is -0.308 e. The summed E-state index contributed by atoms with van der Waals surface area (Å²) < 4.78 is 0. The number of nitrogens with zero attached hydrogens (tertiary/aromatic N) is 1. The summed E-state index contributed by atoms with van der Waals surface area (Å²) in [5, 5.41) is 3.64. The van der Waals surface area contributed by atoms with Crippen LogP contribution in [0.3, 0.4) is 0 Å². The maximum Gasteiger partial charge on any atom is 0.0449 e. The van der Waals surface area contributed by atoms with Gasteiger partial charge in [0, 0.05) is 31.2 Å². The van der Waals surface area contributed by atoms with Gasteiger partial charge in [-0.25, -0.2) is 0 Å². The number of benzene rings is 1. The van der Waals surface area contributed by atoms with Gasteiger partial charge in [0.2, 0.25) is 0 Å². The Kier molecular flexibility index (Phi) is 2.93. The van der Waals surface area contributed by atoms with E-state index in [1.807, 2.05) is 0 Å². The fourth-order valence-electron chi connectivity index (χ4n) is 3.15. The molecule has 1 aromatic rings. The Morgan fingerprint density at radius 2 is 2.00 bits per heavy atom. The average Bonchev–Trinajstić information content (AvgIpc) is 2.37. The van der Waals surface area contributed by atoms with Crippen LogP contribution >= 0.6 is 0 Å². The van der Waals surface area contributed by atoms with Crippen molar-refractivity contribution in [2.75, 3.05) is 19.6 Å². The first-order valence-electron chi connectivity index (χ1n) is 6.81. The molecule has 0 spiro atoms. The lowest BCUT2D eigenvalue weighted by Crippen LogP contribution is -2.58. The van der Waals surface area contributed by atoms with Crippen molar-refractivity contribution in [3.63, 3.8) is 0 Å². The Hall–Kier alpha value is -0.860. The summed E-state index contributed by atoms with van der Waals surface area (Å²) in [5.74, 6) is 0. The summed E-state index contributed by atoms with van der Waals surface area (Å²) in [5.41, 5.74) is 1.93. The van der Waals surface area contributed by atoms with Crippen molar-refractivity contribution in [3.8, 4) is 0 Å². The number of piperazine rings is 1. The fraction of sp³-hybridized carbons (Fsp3) is 0.600. The van der Waals surface area contributed by atoms with E-state index in [-0.39, 0.29) is 0 Å². The van der Waals surface area contributed by atoms with Gasteiger partial charge in [-0.1, -0.05) is 30.3 Å². The van der Waals surface area contributed by atoms with Crippen LogP contribution in [-0.2, 0) is 0 Å². The molecule has 1 aliphatic heterocycles. The smallest absolute Gasteiger partial charge is 0.0449 e. The molecule has 1 aliphatic carbocycles. The van der Waals surface area contributed by atoms with Gasteiger partial charge >= 0.3 is 0 Å². The zero-order valence-corrected chi connectivity index (χ0v) is 10.7. The molecule has 2 aliphatic rings. The first-order chi connectivity index (χ1) is 8.28. The SMILES string of the molecule is CC1(N2CCNC(c3ccccc3)C2)CCC1. The van der Waals surface area contributed by atoms with Crippen molar-refractivity contribution in [1.29, 1.82) is 0 Å². The van der Waals surface area contributed by atoms with Gasteiger partial charge in [-0.2, -0.15) is 0 Å². The van der Waals surface area contributed by atoms with Crippen LogP contribution in [0.2, 0.25) is 0 Å². The van der Waals surface area contributed by atoms with Crippen molar-refractivity contribution in [2.45, 2.75) is 37.8 Å². The van der Waals surface area contributed by atoms with E-state index in [4.69, 9.17) is 0 Å². The molecule has 1 aromatic carbocycles. The fourth-order valence-corrected chi connectivity index (χ4v) is 3.15. The Bertz CT molecular complexity index is 370. The summed E-state index contributed by atoms with van der Waals surface area (Å²) in [6.07, 6.45) is 4.18. The Morgan fingerprint density at radius 1 is 1.24 bits per heavy atom. The zero-order valence-electron chi connectivity index (χ0n) is 10.7. The lowest BCUT2D eigenvalue weighted by Gasteiger charge is -2.51. The molecule has 1 heterocycles. The molecule has 1 saturated heterocycles. The normalized spacial score (nSPS) is 28.6. The highest BCUT2D eigenvalue weighted by Crippen LogP contribution is 2.38. The largest absolute Gasteiger partial charge is 0.308 e. The van der Waals surface area contributed by atoms with Crippen LogP contribution < -0.4 is 5.32 Å². The summed E-state index contributed by atoms with van der Waals surface area (Å²) in [6, 6.07) is 11.4. The van der Waals surface area contributed by atoms with E-state index >= 15 is 0 Å². The van der Waals surface area contributed by atoms with Crippen molar-refractivity contribution >= 4 is 0 Å². The minimum absolute atomic E-state index is 0.495. The van der Waals surface area contributed by atoms with Gasteiger partial charge in [0.05, 0.1) is 0 Å². The maximum atomic E-state index is 3.64. The number of hydrogen-bond acceptors (Lipinski definition) is 2. The Balaban J connectivity index is 1.72. The predicted molar refractivity (Wildman–Crippen MR) is 71.0 cm³/mol. The van der Waals surface area contributed by atoms with E-state index in [9.17, 15) is 0 Å². The monoisotopic (exact) mass is 230 g/mol. The molecule has 17 heavy (non-hydrogen) atoms. The van der Waals surface area contributed by atoms with Gasteiger partial charge in [0.25, 0.3) is 0 Å². The van der Waals surface area contributed by atoms with Crippen molar-refractivity contribution in [2.24, 2.45) is 0 Å². The highest BCUT2D eigenvalue weighted by molar-refractivity contribution is 5.20. The molecule has 1 N–H and O–H groups in total. The van der Waals surface area contributed by atoms with E-state index in [0.29, 0.717) is 11.6 Å². The summed E-state index contributed by atoms with van der Waals surface area (Å²) in [6.45, 7) is 5.93. The molecule has 2 nitrogen and oxygen atoms in total. The van der Waals surface area contributed by atoms with Crippen LogP contribution in [0.15, 0.2) is 30.3 Å². The molecule has 2 heteroatoms. The topological polar surface area (TPSA) is 15.3 Å². The average molecular weight is 230 g/mol. The lowest BCUT2D eigenvalue weighted by molar-refractivity contribution is 0.00977. The molecule has 92 valence electrons. The molecule has 0 amide bonds. The van der Waals surface area contributed by atoms with Crippen molar-refractivity contribution in [1.82, 2.24) is 10.2 Å². The first kappa shape index (κ1) is 11.2. The van der Waals surface area contributed by atoms with Crippen molar-refractivity contribution in [3.05, 3.63) is 35.9 Å². The second kappa shape index (κ2) is 4.43. The first-order valence-corrected chi connectivity index (χ1v) is 6.81. The molecule has 0 aromatic heterocycles. The van der Waals surface area contributed by atoms with Gasteiger partial charge in [-0.3, -0.25) is 4.90 Å². The zero-order chi connectivity index (χ0) is 11.7. The van der Waals surface area contributed by atoms with Gasteiger partial charge in [-0.05, 0) is 31.7 Å². The van der Waals surface area contributed by atoms with Crippen LogP contribution in [0.1, 0.15) is 37.8 Å². The van der Waals surface area contributed by atoms with Crippen LogP contribution in [0.4, 0.5) is 0 Å². The third-order valence-corrected chi connectivity index (χ3v) is 4.57. The van der Waals surface area contributed by atoms with Crippen LogP contribution in [0.5, 0.6) is 0 Å². The highest BCUT2D eigenvalue weighted by atomic mass is 15.3. The molecule has 1 saturated carbocycles. The Labute approximate surface area is 104 Å². The lowest BCUT2D eigenvalue weighted by atomic mass is 9.76. The minimum atomic E-state index is 0.495. The van der Waals surface area contributed by atoms with E-state index < -0.39 is 0 Å². The highest BCUT2D eigenvalue weighted by Gasteiger charge is 2.39. The van der Waals surface area contributed by atoms with Crippen LogP contribution in [0.25, 0.3) is 0 Å². The van der Waals surface area contributed by atoms with Crippen LogP contribution in [-0.4, -0.2) is 30.1 Å². The second-order valence-corrected chi connectivity index (χ2v) is 5.71. The maximum absolute atomic E-state index is 3.64. The number of hydrogen-bond donors (Lipinski definition) is 1. The molecule has 2 fully saturated rings. The summed E-state index contributed by atoms with van der Waals surface area (Å²) >= 11 is 0. The molecule has 1 unspecified atom stereocenters. The van der Waals surface area contributed by atoms with Crippen LogP contribution in [0, 0.1) is 0 Å². The Morgan fingerprint density at radius 3 is 2.65 bits per heavy atom. The molecule has 0 radical (unpaired) electrons. The number of rotatable bonds is 2. The second-order valence-electron chi connectivity index (χ2n) is 5.71. The van der Waals surface area contributed by atoms with Gasteiger partial charge in [0.1, 0.15) is 0 Å². The third-order valence-electron chi connectivity index (χ3n) is 4.57. The third kappa shape index (κ3) is 2.12. The molecule has 3 rings (SSSR count). The molecule has 1 atom stereocenters. The van der Waals surface area contributed by atoms with E-state index in [1.54, 1.807) is 0 Å². The van der Waals surface area contributed by atoms with Crippen molar-refractivity contribution < 1.29 is 0 Å². The van der Waals surface area contributed by atoms with Gasteiger partial charge in [0.15, 0.2) is 0 Å². The quantitative estimate of drug-likeness (QED) is 0.840. The van der Waals surface area contributed by atoms with E-state index in [1.165, 1.54) is 37.9 Å². The van der Waals surface area contributed by atoms with E-state index in [2.05, 4.69) is 47.5 Å². The number of nitrogens with one attached hydrogen (secondary N) is 1. The molecular weight excluding hydrogens is 208 g/mol. The predicted octanol–water partition coefficient (Wildman–Crippen LogP) is 2.58. The molecule has 0 bridgehead atoms. The standard InChI is InChI=1S/C15H22N2/c1-15(8-5-9-15)17-11-10-16-14(12-17)13-6-3-2-4-7-13/h2-4,6-7,14,16H,5,8-12H2,1H3. The summed E-state index contributed by atoms with van der Waals surface area (Å²) in [7, 11) is 0. The van der Waals surface area contributed by atoms with Gasteiger partial charge < -0.3 is 5.32 Å². The summed E-state index contributed by atoms with van der Waals surface area (Å²) in [4.78, 5) is 2.70. The van der Waals surface area contributed by atoms with E-state index in [0.717, 1.165) is 6.54 Å². The van der Waals surface area contributed by atoms with Gasteiger partial charge in [-0.15, -0.1) is 0 Å². The molecular formula is C15H22N2.